The van der Waals surface area contributed by atoms with E-state index in [0.29, 0.717) is 12.0 Å². The number of methoxy groups -OCH3 is 1. The first-order valence-electron chi connectivity index (χ1n) is 5.93. The summed E-state index contributed by atoms with van der Waals surface area (Å²) in [4.78, 5) is 0. The van der Waals surface area contributed by atoms with Gasteiger partial charge in [-0.1, -0.05) is 18.2 Å². The molecule has 2 aromatic carbocycles. The van der Waals surface area contributed by atoms with E-state index in [1.807, 2.05) is 24.3 Å². The average molecular weight is 263 g/mol. The summed E-state index contributed by atoms with van der Waals surface area (Å²) in [6.45, 7) is 0. The van der Waals surface area contributed by atoms with E-state index in [1.54, 1.807) is 13.2 Å². The molecule has 0 amide bonds. The Labute approximate surface area is 110 Å². The quantitative estimate of drug-likeness (QED) is 0.919. The van der Waals surface area contributed by atoms with Crippen molar-refractivity contribution in [1.29, 1.82) is 0 Å². The number of hydrogen-bond acceptors (Lipinski definition) is 2. The summed E-state index contributed by atoms with van der Waals surface area (Å²) in [7, 11) is 1.59. The number of nitrogens with two attached hydrogens (primary N) is 1. The van der Waals surface area contributed by atoms with Gasteiger partial charge in [-0.3, -0.25) is 0 Å². The van der Waals surface area contributed by atoms with Crippen LogP contribution in [0.15, 0.2) is 42.5 Å². The van der Waals surface area contributed by atoms with Gasteiger partial charge in [0.1, 0.15) is 5.75 Å². The molecule has 0 spiro atoms. The third-order valence-corrected chi connectivity index (χ3v) is 2.98. The zero-order chi connectivity index (χ0) is 13.8. The van der Waals surface area contributed by atoms with Crippen LogP contribution in [-0.2, 0) is 6.42 Å². The second-order valence-electron chi connectivity index (χ2n) is 4.33. The Morgan fingerprint density at radius 3 is 2.32 bits per heavy atom. The Balaban J connectivity index is 2.10. The predicted molar refractivity (Wildman–Crippen MR) is 70.0 cm³/mol. The van der Waals surface area contributed by atoms with Crippen LogP contribution in [-0.4, -0.2) is 7.11 Å². The third-order valence-electron chi connectivity index (χ3n) is 2.98. The molecule has 2 rings (SSSR count). The monoisotopic (exact) mass is 263 g/mol. The number of halogens is 2. The molecule has 0 heterocycles. The SMILES string of the molecule is COc1ccc(C(N)Cc2ccc(F)c(F)c2)cc1. The highest BCUT2D eigenvalue weighted by Crippen LogP contribution is 2.20. The van der Waals surface area contributed by atoms with Gasteiger partial charge in [-0.15, -0.1) is 0 Å². The maximum absolute atomic E-state index is 13.1. The summed E-state index contributed by atoms with van der Waals surface area (Å²) in [6, 6.07) is 10.9. The molecule has 0 bridgehead atoms. The molecule has 19 heavy (non-hydrogen) atoms. The van der Waals surface area contributed by atoms with Gasteiger partial charge in [0, 0.05) is 6.04 Å². The Hall–Kier alpha value is -1.94. The summed E-state index contributed by atoms with van der Waals surface area (Å²) in [6.07, 6.45) is 0.448. The van der Waals surface area contributed by atoms with Crippen molar-refractivity contribution < 1.29 is 13.5 Å². The van der Waals surface area contributed by atoms with E-state index in [0.717, 1.165) is 17.4 Å². The van der Waals surface area contributed by atoms with Gasteiger partial charge < -0.3 is 10.5 Å². The lowest BCUT2D eigenvalue weighted by molar-refractivity contribution is 0.414. The fourth-order valence-corrected chi connectivity index (χ4v) is 1.89. The van der Waals surface area contributed by atoms with Crippen molar-refractivity contribution in [2.75, 3.05) is 7.11 Å². The van der Waals surface area contributed by atoms with Gasteiger partial charge in [0.25, 0.3) is 0 Å². The van der Waals surface area contributed by atoms with Gasteiger partial charge >= 0.3 is 0 Å². The van der Waals surface area contributed by atoms with Gasteiger partial charge in [0.05, 0.1) is 7.11 Å². The molecule has 1 atom stereocenters. The molecule has 0 radical (unpaired) electrons. The summed E-state index contributed by atoms with van der Waals surface area (Å²) >= 11 is 0. The Kier molecular flexibility index (Phi) is 4.12. The van der Waals surface area contributed by atoms with Crippen LogP contribution in [0.1, 0.15) is 17.2 Å². The molecule has 2 nitrogen and oxygen atoms in total. The first-order chi connectivity index (χ1) is 9.10. The van der Waals surface area contributed by atoms with Crippen molar-refractivity contribution in [1.82, 2.24) is 0 Å². The van der Waals surface area contributed by atoms with Crippen molar-refractivity contribution in [3.05, 3.63) is 65.2 Å². The number of ether oxygens (including phenoxy) is 1. The van der Waals surface area contributed by atoms with E-state index in [9.17, 15) is 8.78 Å². The van der Waals surface area contributed by atoms with E-state index in [2.05, 4.69) is 0 Å². The highest BCUT2D eigenvalue weighted by molar-refractivity contribution is 5.30. The number of rotatable bonds is 4. The van der Waals surface area contributed by atoms with E-state index in [4.69, 9.17) is 10.5 Å². The van der Waals surface area contributed by atoms with Crippen molar-refractivity contribution in [3.8, 4) is 5.75 Å². The molecule has 0 aliphatic carbocycles. The van der Waals surface area contributed by atoms with E-state index in [-0.39, 0.29) is 6.04 Å². The lowest BCUT2D eigenvalue weighted by atomic mass is 9.99. The van der Waals surface area contributed by atoms with Crippen LogP contribution in [0.25, 0.3) is 0 Å². The zero-order valence-electron chi connectivity index (χ0n) is 10.6. The van der Waals surface area contributed by atoms with Gasteiger partial charge in [-0.25, -0.2) is 8.78 Å². The maximum atomic E-state index is 13.1. The largest absolute Gasteiger partial charge is 0.497 e. The lowest BCUT2D eigenvalue weighted by Crippen LogP contribution is -2.13. The van der Waals surface area contributed by atoms with Crippen LogP contribution in [0.3, 0.4) is 0 Å². The molecule has 2 aromatic rings. The molecule has 0 aliphatic rings. The summed E-state index contributed by atoms with van der Waals surface area (Å²) in [5.41, 5.74) is 7.64. The highest BCUT2D eigenvalue weighted by Gasteiger charge is 2.09. The molecule has 1 unspecified atom stereocenters. The van der Waals surface area contributed by atoms with Crippen molar-refractivity contribution in [2.45, 2.75) is 12.5 Å². The topological polar surface area (TPSA) is 35.2 Å². The third kappa shape index (κ3) is 3.29. The summed E-state index contributed by atoms with van der Waals surface area (Å²) < 4.78 is 31.0. The molecule has 0 aromatic heterocycles. The van der Waals surface area contributed by atoms with Gasteiger partial charge in [0.15, 0.2) is 11.6 Å². The van der Waals surface area contributed by atoms with Crippen LogP contribution >= 0.6 is 0 Å². The van der Waals surface area contributed by atoms with Crippen molar-refractivity contribution >= 4 is 0 Å². The Morgan fingerprint density at radius 1 is 1.05 bits per heavy atom. The van der Waals surface area contributed by atoms with E-state index < -0.39 is 11.6 Å². The average Bonchev–Trinajstić information content (AvgIpc) is 2.43. The molecular formula is C15H15F2NO. The second-order valence-corrected chi connectivity index (χ2v) is 4.33. The van der Waals surface area contributed by atoms with Crippen LogP contribution in [0, 0.1) is 11.6 Å². The zero-order valence-corrected chi connectivity index (χ0v) is 10.6. The number of hydrogen-bond donors (Lipinski definition) is 1. The van der Waals surface area contributed by atoms with Crippen molar-refractivity contribution in [2.24, 2.45) is 5.73 Å². The standard InChI is InChI=1S/C15H15F2NO/c1-19-12-5-3-11(4-6-12)15(18)9-10-2-7-13(16)14(17)8-10/h2-8,15H,9,18H2,1H3. The fraction of sp³-hybridized carbons (Fsp3) is 0.200. The summed E-state index contributed by atoms with van der Waals surface area (Å²) in [5.74, 6) is -0.940. The van der Waals surface area contributed by atoms with Crippen LogP contribution in [0.2, 0.25) is 0 Å². The van der Waals surface area contributed by atoms with Crippen LogP contribution in [0.4, 0.5) is 8.78 Å². The molecule has 0 saturated heterocycles. The van der Waals surface area contributed by atoms with Crippen LogP contribution in [0.5, 0.6) is 5.75 Å². The first kappa shape index (κ1) is 13.5. The molecule has 100 valence electrons. The van der Waals surface area contributed by atoms with Crippen molar-refractivity contribution in [3.63, 3.8) is 0 Å². The van der Waals surface area contributed by atoms with Crippen LogP contribution < -0.4 is 10.5 Å². The number of benzene rings is 2. The molecular weight excluding hydrogens is 248 g/mol. The molecule has 2 N–H and O–H groups in total. The molecule has 0 saturated carbocycles. The maximum Gasteiger partial charge on any atom is 0.159 e. The molecule has 0 fully saturated rings. The normalized spacial score (nSPS) is 12.2. The first-order valence-corrected chi connectivity index (χ1v) is 5.93. The van der Waals surface area contributed by atoms with Gasteiger partial charge in [-0.2, -0.15) is 0 Å². The van der Waals surface area contributed by atoms with Gasteiger partial charge in [-0.05, 0) is 41.8 Å². The van der Waals surface area contributed by atoms with Gasteiger partial charge in [0.2, 0.25) is 0 Å². The minimum atomic E-state index is -0.848. The second kappa shape index (κ2) is 5.80. The Bertz CT molecular complexity index is 555. The van der Waals surface area contributed by atoms with E-state index in [1.165, 1.54) is 6.07 Å². The minimum absolute atomic E-state index is 0.268. The minimum Gasteiger partial charge on any atom is -0.497 e. The Morgan fingerprint density at radius 2 is 1.74 bits per heavy atom. The lowest BCUT2D eigenvalue weighted by Gasteiger charge is -2.13. The smallest absolute Gasteiger partial charge is 0.159 e. The van der Waals surface area contributed by atoms with E-state index >= 15 is 0 Å². The highest BCUT2D eigenvalue weighted by atomic mass is 19.2. The molecule has 4 heteroatoms. The predicted octanol–water partition coefficient (Wildman–Crippen LogP) is 3.22. The summed E-state index contributed by atoms with van der Waals surface area (Å²) in [5, 5.41) is 0. The fourth-order valence-electron chi connectivity index (χ4n) is 1.89. The molecule has 0 aliphatic heterocycles.